The highest BCUT2D eigenvalue weighted by Gasteiger charge is 2.35. The summed E-state index contributed by atoms with van der Waals surface area (Å²) in [5.41, 5.74) is 2.92. The number of para-hydroxylation sites is 1. The van der Waals surface area contributed by atoms with Gasteiger partial charge in [0.1, 0.15) is 23.9 Å². The molecule has 2 aromatic heterocycles. The van der Waals surface area contributed by atoms with Crippen molar-refractivity contribution >= 4 is 22.8 Å². The van der Waals surface area contributed by atoms with Crippen molar-refractivity contribution in [3.63, 3.8) is 0 Å². The van der Waals surface area contributed by atoms with E-state index >= 15 is 0 Å². The summed E-state index contributed by atoms with van der Waals surface area (Å²) in [7, 11) is 0. The zero-order valence-corrected chi connectivity index (χ0v) is 22.1. The maximum atomic E-state index is 13.9. The standard InChI is InChI=1S/C29H35N5O3/c1-6-29(4,5)30-28(36)27(22-15-13-21(14-16-22)20(2)3)33(18-23-10-9-17-37-23)26(35)19-34-25-12-8-7-11-24(25)31-32-34/h7-17,20,27H,6,18-19H2,1-5H3,(H,30,36). The van der Waals surface area contributed by atoms with Gasteiger partial charge in [-0.1, -0.05) is 62.4 Å². The number of furan rings is 1. The van der Waals surface area contributed by atoms with Crippen LogP contribution in [0.2, 0.25) is 0 Å². The Morgan fingerprint density at radius 3 is 2.38 bits per heavy atom. The Morgan fingerprint density at radius 2 is 1.73 bits per heavy atom. The third-order valence-electron chi connectivity index (χ3n) is 6.76. The summed E-state index contributed by atoms with van der Waals surface area (Å²) in [6.45, 7) is 10.3. The summed E-state index contributed by atoms with van der Waals surface area (Å²) >= 11 is 0. The Bertz CT molecular complexity index is 1340. The molecule has 0 bridgehead atoms. The Labute approximate surface area is 217 Å². The van der Waals surface area contributed by atoms with Crippen LogP contribution in [0.4, 0.5) is 0 Å². The summed E-state index contributed by atoms with van der Waals surface area (Å²) in [4.78, 5) is 29.4. The summed E-state index contributed by atoms with van der Waals surface area (Å²) in [5.74, 6) is 0.423. The third-order valence-corrected chi connectivity index (χ3v) is 6.76. The largest absolute Gasteiger partial charge is 0.467 e. The first-order chi connectivity index (χ1) is 17.7. The minimum Gasteiger partial charge on any atom is -0.467 e. The second-order valence-electron chi connectivity index (χ2n) is 10.3. The molecule has 1 unspecified atom stereocenters. The van der Waals surface area contributed by atoms with Crippen LogP contribution in [-0.2, 0) is 22.7 Å². The molecule has 0 saturated carbocycles. The van der Waals surface area contributed by atoms with Gasteiger partial charge in [-0.05, 0) is 61.6 Å². The number of amides is 2. The number of benzene rings is 2. The molecule has 2 amide bonds. The smallest absolute Gasteiger partial charge is 0.247 e. The van der Waals surface area contributed by atoms with Crippen LogP contribution in [0.15, 0.2) is 71.3 Å². The second-order valence-corrected chi connectivity index (χ2v) is 10.3. The molecule has 194 valence electrons. The molecule has 0 saturated heterocycles. The van der Waals surface area contributed by atoms with Gasteiger partial charge in [0.15, 0.2) is 0 Å². The van der Waals surface area contributed by atoms with E-state index in [0.717, 1.165) is 23.1 Å². The molecule has 1 N–H and O–H groups in total. The van der Waals surface area contributed by atoms with Gasteiger partial charge in [0.2, 0.25) is 11.8 Å². The molecular weight excluding hydrogens is 466 g/mol. The van der Waals surface area contributed by atoms with Crippen molar-refractivity contribution in [1.82, 2.24) is 25.2 Å². The fraction of sp³-hybridized carbons (Fsp3) is 0.379. The number of aromatic nitrogens is 3. The first-order valence-corrected chi connectivity index (χ1v) is 12.7. The van der Waals surface area contributed by atoms with Crippen LogP contribution < -0.4 is 5.32 Å². The maximum Gasteiger partial charge on any atom is 0.247 e. The van der Waals surface area contributed by atoms with Gasteiger partial charge in [0, 0.05) is 5.54 Å². The molecule has 0 fully saturated rings. The lowest BCUT2D eigenvalue weighted by atomic mass is 9.96. The molecule has 0 radical (unpaired) electrons. The molecule has 0 spiro atoms. The molecule has 0 aliphatic heterocycles. The molecule has 2 heterocycles. The van der Waals surface area contributed by atoms with E-state index in [1.807, 2.05) is 69.3 Å². The van der Waals surface area contributed by atoms with Gasteiger partial charge in [-0.15, -0.1) is 5.10 Å². The topological polar surface area (TPSA) is 93.3 Å². The predicted octanol–water partition coefficient (Wildman–Crippen LogP) is 5.22. The SMILES string of the molecule is CCC(C)(C)NC(=O)C(c1ccc(C(C)C)cc1)N(Cc1ccco1)C(=O)Cn1nnc2ccccc21. The van der Waals surface area contributed by atoms with Gasteiger partial charge in [-0.3, -0.25) is 9.59 Å². The molecule has 8 heteroatoms. The Hall–Kier alpha value is -3.94. The van der Waals surface area contributed by atoms with Gasteiger partial charge in [-0.25, -0.2) is 4.68 Å². The Balaban J connectivity index is 1.75. The lowest BCUT2D eigenvalue weighted by Gasteiger charge is -2.34. The Kier molecular flexibility index (Phi) is 7.76. The number of nitrogens with zero attached hydrogens (tertiary/aromatic N) is 4. The fourth-order valence-corrected chi connectivity index (χ4v) is 4.17. The van der Waals surface area contributed by atoms with E-state index in [9.17, 15) is 9.59 Å². The number of fused-ring (bicyclic) bond motifs is 1. The number of carbonyl (C=O) groups is 2. The molecule has 8 nitrogen and oxygen atoms in total. The molecule has 2 aromatic carbocycles. The first kappa shape index (κ1) is 26.1. The van der Waals surface area contributed by atoms with Gasteiger partial charge in [-0.2, -0.15) is 0 Å². The van der Waals surface area contributed by atoms with Crippen molar-refractivity contribution < 1.29 is 14.0 Å². The number of hydrogen-bond acceptors (Lipinski definition) is 5. The van der Waals surface area contributed by atoms with Crippen molar-refractivity contribution in [2.45, 2.75) is 71.6 Å². The summed E-state index contributed by atoms with van der Waals surface area (Å²) < 4.78 is 7.17. The van der Waals surface area contributed by atoms with Gasteiger partial charge in [0.25, 0.3) is 0 Å². The number of carbonyl (C=O) groups excluding carboxylic acids is 2. The van der Waals surface area contributed by atoms with Crippen LogP contribution in [-0.4, -0.2) is 37.2 Å². The Morgan fingerprint density at radius 1 is 1.03 bits per heavy atom. The van der Waals surface area contributed by atoms with Crippen molar-refractivity contribution in [3.05, 3.63) is 83.8 Å². The third kappa shape index (κ3) is 6.07. The number of rotatable bonds is 10. The van der Waals surface area contributed by atoms with E-state index in [2.05, 4.69) is 29.5 Å². The molecule has 4 aromatic rings. The van der Waals surface area contributed by atoms with Crippen LogP contribution in [0.25, 0.3) is 11.0 Å². The minimum atomic E-state index is -0.862. The second kappa shape index (κ2) is 11.0. The molecular formula is C29H35N5O3. The average molecular weight is 502 g/mol. The highest BCUT2D eigenvalue weighted by Crippen LogP contribution is 2.28. The molecule has 0 aliphatic rings. The van der Waals surface area contributed by atoms with E-state index in [1.165, 1.54) is 0 Å². The zero-order valence-electron chi connectivity index (χ0n) is 22.1. The molecule has 0 aliphatic carbocycles. The van der Waals surface area contributed by atoms with Crippen molar-refractivity contribution in [1.29, 1.82) is 0 Å². The summed E-state index contributed by atoms with van der Waals surface area (Å²) in [6, 6.07) is 18.1. The van der Waals surface area contributed by atoms with Crippen molar-refractivity contribution in [3.8, 4) is 0 Å². The molecule has 1 atom stereocenters. The summed E-state index contributed by atoms with van der Waals surface area (Å²) in [6.07, 6.45) is 2.31. The van der Waals surface area contributed by atoms with E-state index in [0.29, 0.717) is 17.2 Å². The van der Waals surface area contributed by atoms with Gasteiger partial charge < -0.3 is 14.6 Å². The normalized spacial score (nSPS) is 12.6. The summed E-state index contributed by atoms with van der Waals surface area (Å²) in [5, 5.41) is 11.5. The number of hydrogen-bond donors (Lipinski definition) is 1. The van der Waals surface area contributed by atoms with Crippen molar-refractivity contribution in [2.75, 3.05) is 0 Å². The zero-order chi connectivity index (χ0) is 26.6. The van der Waals surface area contributed by atoms with Crippen LogP contribution in [0, 0.1) is 0 Å². The molecule has 37 heavy (non-hydrogen) atoms. The van der Waals surface area contributed by atoms with E-state index in [4.69, 9.17) is 4.42 Å². The fourth-order valence-electron chi connectivity index (χ4n) is 4.17. The average Bonchev–Trinajstić information content (AvgIpc) is 3.54. The lowest BCUT2D eigenvalue weighted by molar-refractivity contribution is -0.143. The van der Waals surface area contributed by atoms with Gasteiger partial charge >= 0.3 is 0 Å². The molecule has 4 rings (SSSR count). The van der Waals surface area contributed by atoms with Crippen LogP contribution >= 0.6 is 0 Å². The number of nitrogens with one attached hydrogen (secondary N) is 1. The van der Waals surface area contributed by atoms with Gasteiger partial charge in [0.05, 0.1) is 18.3 Å². The van der Waals surface area contributed by atoms with E-state index < -0.39 is 11.6 Å². The van der Waals surface area contributed by atoms with Crippen LogP contribution in [0.3, 0.4) is 0 Å². The lowest BCUT2D eigenvalue weighted by Crippen LogP contribution is -2.50. The van der Waals surface area contributed by atoms with E-state index in [-0.39, 0.29) is 24.9 Å². The van der Waals surface area contributed by atoms with Crippen LogP contribution in [0.5, 0.6) is 0 Å². The van der Waals surface area contributed by atoms with E-state index in [1.54, 1.807) is 28.0 Å². The van der Waals surface area contributed by atoms with Crippen molar-refractivity contribution in [2.24, 2.45) is 0 Å². The highest BCUT2D eigenvalue weighted by molar-refractivity contribution is 5.89. The van der Waals surface area contributed by atoms with Crippen LogP contribution in [0.1, 0.15) is 69.9 Å². The first-order valence-electron chi connectivity index (χ1n) is 12.7. The quantitative estimate of drug-likeness (QED) is 0.321. The highest BCUT2D eigenvalue weighted by atomic mass is 16.3. The predicted molar refractivity (Wildman–Crippen MR) is 143 cm³/mol. The monoisotopic (exact) mass is 501 g/mol. The maximum absolute atomic E-state index is 13.9. The minimum absolute atomic E-state index is 0.0632.